The van der Waals surface area contributed by atoms with Crippen molar-refractivity contribution in [3.63, 3.8) is 0 Å². The molecule has 0 saturated carbocycles. The van der Waals surface area contributed by atoms with Crippen LogP contribution in [0.4, 0.5) is 4.39 Å². The van der Waals surface area contributed by atoms with Crippen molar-refractivity contribution in [1.29, 1.82) is 0 Å². The van der Waals surface area contributed by atoms with Crippen LogP contribution >= 0.6 is 0 Å². The zero-order valence-electron chi connectivity index (χ0n) is 7.16. The predicted molar refractivity (Wildman–Crippen MR) is 47.1 cm³/mol. The molecule has 0 atom stereocenters. The summed E-state index contributed by atoms with van der Waals surface area (Å²) in [6, 6.07) is 5.80. The third-order valence-corrected chi connectivity index (χ3v) is 1.06. The number of oxime groups is 1. The van der Waals surface area contributed by atoms with Crippen molar-refractivity contribution < 1.29 is 9.60 Å². The molecule has 0 saturated heterocycles. The van der Waals surface area contributed by atoms with Gasteiger partial charge in [0.2, 0.25) is 0 Å². The van der Waals surface area contributed by atoms with E-state index in [1.807, 2.05) is 13.8 Å². The number of hydrogen-bond donors (Lipinski definition) is 1. The van der Waals surface area contributed by atoms with E-state index >= 15 is 0 Å². The Morgan fingerprint density at radius 1 is 1.42 bits per heavy atom. The van der Waals surface area contributed by atoms with Gasteiger partial charge in [-0.05, 0) is 17.7 Å². The Balaban J connectivity index is 0.000000561. The molecule has 3 heteroatoms. The SMILES string of the molecule is CC.O/N=C\c1cccc(F)c1. The Morgan fingerprint density at radius 2 is 2.08 bits per heavy atom. The van der Waals surface area contributed by atoms with Crippen molar-refractivity contribution in [2.75, 3.05) is 0 Å². The van der Waals surface area contributed by atoms with Crippen LogP contribution in [0.25, 0.3) is 0 Å². The van der Waals surface area contributed by atoms with Crippen molar-refractivity contribution in [3.05, 3.63) is 35.6 Å². The average molecular weight is 169 g/mol. The highest BCUT2D eigenvalue weighted by atomic mass is 19.1. The standard InChI is InChI=1S/C7H6FNO.C2H6/c8-7-3-1-2-6(4-7)5-9-10;1-2/h1-5,10H;1-2H3/b9-5-;. The van der Waals surface area contributed by atoms with Crippen LogP contribution in [0, 0.1) is 5.82 Å². The third-order valence-electron chi connectivity index (χ3n) is 1.06. The molecule has 0 aliphatic carbocycles. The first-order valence-electron chi connectivity index (χ1n) is 3.76. The Bertz CT molecular complexity index is 248. The van der Waals surface area contributed by atoms with Gasteiger partial charge in [-0.2, -0.15) is 0 Å². The minimum atomic E-state index is -0.336. The number of halogens is 1. The van der Waals surface area contributed by atoms with Gasteiger partial charge in [-0.3, -0.25) is 0 Å². The molecule has 2 nitrogen and oxygen atoms in total. The summed E-state index contributed by atoms with van der Waals surface area (Å²) in [4.78, 5) is 0. The molecule has 1 aromatic carbocycles. The molecule has 0 spiro atoms. The van der Waals surface area contributed by atoms with Crippen molar-refractivity contribution >= 4 is 6.21 Å². The van der Waals surface area contributed by atoms with Crippen LogP contribution in [0.1, 0.15) is 19.4 Å². The predicted octanol–water partition coefficient (Wildman–Crippen LogP) is 2.66. The van der Waals surface area contributed by atoms with Gasteiger partial charge in [-0.25, -0.2) is 4.39 Å². The average Bonchev–Trinajstić information content (AvgIpc) is 2.09. The summed E-state index contributed by atoms with van der Waals surface area (Å²) >= 11 is 0. The van der Waals surface area contributed by atoms with Gasteiger partial charge in [0.05, 0.1) is 6.21 Å². The summed E-state index contributed by atoms with van der Waals surface area (Å²) in [7, 11) is 0. The summed E-state index contributed by atoms with van der Waals surface area (Å²) in [5.74, 6) is -0.336. The Morgan fingerprint density at radius 3 is 2.58 bits per heavy atom. The minimum absolute atomic E-state index is 0.336. The number of nitrogens with zero attached hydrogens (tertiary/aromatic N) is 1. The second kappa shape index (κ2) is 6.34. The molecule has 0 bridgehead atoms. The highest BCUT2D eigenvalue weighted by Gasteiger charge is 1.89. The van der Waals surface area contributed by atoms with Crippen molar-refractivity contribution in [3.8, 4) is 0 Å². The third kappa shape index (κ3) is 3.71. The number of benzene rings is 1. The molecule has 0 aliphatic rings. The summed E-state index contributed by atoms with van der Waals surface area (Å²) in [6.45, 7) is 4.00. The number of hydrogen-bond acceptors (Lipinski definition) is 2. The first-order valence-corrected chi connectivity index (χ1v) is 3.76. The highest BCUT2D eigenvalue weighted by Crippen LogP contribution is 1.99. The molecule has 0 amide bonds. The highest BCUT2D eigenvalue weighted by molar-refractivity contribution is 5.78. The van der Waals surface area contributed by atoms with E-state index in [1.54, 1.807) is 12.1 Å². The van der Waals surface area contributed by atoms with Crippen LogP contribution < -0.4 is 0 Å². The second-order valence-electron chi connectivity index (χ2n) is 1.80. The molecular formula is C9H12FNO. The van der Waals surface area contributed by atoms with Gasteiger partial charge in [0.15, 0.2) is 0 Å². The molecule has 0 fully saturated rings. The molecule has 1 N–H and O–H groups in total. The topological polar surface area (TPSA) is 32.6 Å². The van der Waals surface area contributed by atoms with E-state index in [4.69, 9.17) is 5.21 Å². The first kappa shape index (κ1) is 10.6. The molecular weight excluding hydrogens is 157 g/mol. The van der Waals surface area contributed by atoms with E-state index in [0.29, 0.717) is 5.56 Å². The molecule has 1 rings (SSSR count). The van der Waals surface area contributed by atoms with Crippen LogP contribution in [-0.2, 0) is 0 Å². The van der Waals surface area contributed by atoms with Gasteiger partial charge in [0.1, 0.15) is 5.82 Å². The second-order valence-corrected chi connectivity index (χ2v) is 1.80. The van der Waals surface area contributed by atoms with Gasteiger partial charge >= 0.3 is 0 Å². The lowest BCUT2D eigenvalue weighted by atomic mass is 10.2. The van der Waals surface area contributed by atoms with E-state index in [1.165, 1.54) is 18.3 Å². The maximum atomic E-state index is 12.3. The zero-order chi connectivity index (χ0) is 9.40. The van der Waals surface area contributed by atoms with Crippen LogP contribution in [0.2, 0.25) is 0 Å². The molecule has 0 aromatic heterocycles. The quantitative estimate of drug-likeness (QED) is 0.391. The maximum Gasteiger partial charge on any atom is 0.123 e. The van der Waals surface area contributed by atoms with E-state index in [-0.39, 0.29) is 5.82 Å². The zero-order valence-corrected chi connectivity index (χ0v) is 7.16. The van der Waals surface area contributed by atoms with E-state index in [2.05, 4.69) is 5.16 Å². The summed E-state index contributed by atoms with van der Waals surface area (Å²) in [5, 5.41) is 10.8. The first-order chi connectivity index (χ1) is 5.83. The van der Waals surface area contributed by atoms with Crippen molar-refractivity contribution in [2.24, 2.45) is 5.16 Å². The molecule has 0 aliphatic heterocycles. The van der Waals surface area contributed by atoms with E-state index < -0.39 is 0 Å². The molecule has 0 radical (unpaired) electrons. The fourth-order valence-corrected chi connectivity index (χ4v) is 0.654. The van der Waals surface area contributed by atoms with E-state index in [9.17, 15) is 4.39 Å². The summed E-state index contributed by atoms with van der Waals surface area (Å²) in [5.41, 5.74) is 0.544. The maximum absolute atomic E-state index is 12.3. The number of rotatable bonds is 1. The summed E-state index contributed by atoms with van der Waals surface area (Å²) in [6.07, 6.45) is 1.17. The van der Waals surface area contributed by atoms with Gasteiger partial charge in [0, 0.05) is 0 Å². The largest absolute Gasteiger partial charge is 0.411 e. The molecule has 0 unspecified atom stereocenters. The fraction of sp³-hybridized carbons (Fsp3) is 0.222. The lowest BCUT2D eigenvalue weighted by molar-refractivity contribution is 0.322. The lowest BCUT2D eigenvalue weighted by Crippen LogP contribution is -1.81. The van der Waals surface area contributed by atoms with E-state index in [0.717, 1.165) is 0 Å². The molecule has 0 heterocycles. The fourth-order valence-electron chi connectivity index (χ4n) is 0.654. The van der Waals surface area contributed by atoms with Gasteiger partial charge in [-0.15, -0.1) is 0 Å². The van der Waals surface area contributed by atoms with Crippen LogP contribution in [0.5, 0.6) is 0 Å². The smallest absolute Gasteiger partial charge is 0.123 e. The Labute approximate surface area is 71.3 Å². The minimum Gasteiger partial charge on any atom is -0.411 e. The summed E-state index contributed by atoms with van der Waals surface area (Å²) < 4.78 is 12.3. The Kier molecular flexibility index (Phi) is 5.61. The van der Waals surface area contributed by atoms with Crippen LogP contribution in [0.3, 0.4) is 0 Å². The molecule has 1 aromatic rings. The van der Waals surface area contributed by atoms with Crippen molar-refractivity contribution in [1.82, 2.24) is 0 Å². The van der Waals surface area contributed by atoms with Crippen LogP contribution in [-0.4, -0.2) is 11.4 Å². The normalized spacial score (nSPS) is 9.25. The van der Waals surface area contributed by atoms with Gasteiger partial charge < -0.3 is 5.21 Å². The van der Waals surface area contributed by atoms with Crippen molar-refractivity contribution in [2.45, 2.75) is 13.8 Å². The van der Waals surface area contributed by atoms with Gasteiger partial charge in [0.25, 0.3) is 0 Å². The molecule has 66 valence electrons. The Hall–Kier alpha value is -1.38. The van der Waals surface area contributed by atoms with Crippen LogP contribution in [0.15, 0.2) is 29.4 Å². The monoisotopic (exact) mass is 169 g/mol. The van der Waals surface area contributed by atoms with Gasteiger partial charge in [-0.1, -0.05) is 31.1 Å². The lowest BCUT2D eigenvalue weighted by Gasteiger charge is -1.89. The molecule has 12 heavy (non-hydrogen) atoms.